The highest BCUT2D eigenvalue weighted by Crippen LogP contribution is 2.28. The molecule has 1 aromatic rings. The van der Waals surface area contributed by atoms with Gasteiger partial charge in [0, 0.05) is 11.6 Å². The predicted octanol–water partition coefficient (Wildman–Crippen LogP) is 3.98. The third kappa shape index (κ3) is 3.98. The van der Waals surface area contributed by atoms with E-state index in [4.69, 9.17) is 4.74 Å². The number of aryl methyl sites for hydroxylation is 1. The second kappa shape index (κ2) is 7.37. The van der Waals surface area contributed by atoms with Crippen LogP contribution in [0.25, 0.3) is 0 Å². The summed E-state index contributed by atoms with van der Waals surface area (Å²) in [5.74, 6) is 0.630. The van der Waals surface area contributed by atoms with Crippen molar-refractivity contribution in [2.75, 3.05) is 13.2 Å². The van der Waals surface area contributed by atoms with Crippen LogP contribution >= 0.6 is 0 Å². The van der Waals surface area contributed by atoms with E-state index >= 15 is 0 Å². The highest BCUT2D eigenvalue weighted by molar-refractivity contribution is 5.40. The number of nitrogens with one attached hydrogen (secondary N) is 1. The van der Waals surface area contributed by atoms with Crippen molar-refractivity contribution in [2.24, 2.45) is 0 Å². The summed E-state index contributed by atoms with van der Waals surface area (Å²) >= 11 is 0. The zero-order valence-electron chi connectivity index (χ0n) is 11.8. The second-order valence-electron chi connectivity index (χ2n) is 4.66. The monoisotopic (exact) mass is 253 g/mol. The predicted molar refractivity (Wildman–Crippen MR) is 73.6 cm³/mol. The number of hydrogen-bond acceptors (Lipinski definition) is 2. The van der Waals surface area contributed by atoms with Gasteiger partial charge in [0.05, 0.1) is 6.61 Å². The first-order valence-electron chi connectivity index (χ1n) is 6.76. The third-order valence-electron chi connectivity index (χ3n) is 2.92. The van der Waals surface area contributed by atoms with Gasteiger partial charge in [-0.1, -0.05) is 13.8 Å². The van der Waals surface area contributed by atoms with E-state index in [-0.39, 0.29) is 11.9 Å². The number of ether oxygens (including phenoxy) is 1. The molecular weight excluding hydrogens is 229 g/mol. The van der Waals surface area contributed by atoms with Crippen molar-refractivity contribution in [1.29, 1.82) is 0 Å². The molecule has 0 aliphatic rings. The summed E-state index contributed by atoms with van der Waals surface area (Å²) in [5.41, 5.74) is 1.53. The molecule has 0 aromatic heterocycles. The van der Waals surface area contributed by atoms with Crippen LogP contribution in [0.4, 0.5) is 4.39 Å². The Morgan fingerprint density at radius 1 is 1.28 bits per heavy atom. The standard InChI is InChI=1S/C15H24FNO/c1-5-7-17-12(4)13-10-14(16)11(3)9-15(13)18-8-6-2/h9-10,12,17H,5-8H2,1-4H3. The first kappa shape index (κ1) is 15.0. The Kier molecular flexibility index (Phi) is 6.13. The molecule has 18 heavy (non-hydrogen) atoms. The summed E-state index contributed by atoms with van der Waals surface area (Å²) < 4.78 is 19.4. The van der Waals surface area contributed by atoms with Gasteiger partial charge in [0.15, 0.2) is 0 Å². The Hall–Kier alpha value is -1.09. The smallest absolute Gasteiger partial charge is 0.126 e. The van der Waals surface area contributed by atoms with Crippen LogP contribution in [0.2, 0.25) is 0 Å². The third-order valence-corrected chi connectivity index (χ3v) is 2.92. The molecule has 2 nitrogen and oxygen atoms in total. The van der Waals surface area contributed by atoms with Gasteiger partial charge in [-0.25, -0.2) is 4.39 Å². The molecule has 3 heteroatoms. The summed E-state index contributed by atoms with van der Waals surface area (Å²) in [6, 6.07) is 3.49. The number of hydrogen-bond donors (Lipinski definition) is 1. The van der Waals surface area contributed by atoms with Gasteiger partial charge in [0.1, 0.15) is 11.6 Å². The number of rotatable bonds is 7. The summed E-state index contributed by atoms with van der Waals surface area (Å²) in [6.07, 6.45) is 2.01. The molecule has 0 aliphatic carbocycles. The summed E-state index contributed by atoms with van der Waals surface area (Å²) in [7, 11) is 0. The van der Waals surface area contributed by atoms with Gasteiger partial charge in [-0.2, -0.15) is 0 Å². The minimum atomic E-state index is -0.168. The van der Waals surface area contributed by atoms with Crippen LogP contribution in [-0.4, -0.2) is 13.2 Å². The maximum absolute atomic E-state index is 13.7. The Morgan fingerprint density at radius 2 is 2.00 bits per heavy atom. The van der Waals surface area contributed by atoms with Gasteiger partial charge in [-0.15, -0.1) is 0 Å². The van der Waals surface area contributed by atoms with Crippen LogP contribution in [0.3, 0.4) is 0 Å². The summed E-state index contributed by atoms with van der Waals surface area (Å²) in [4.78, 5) is 0. The lowest BCUT2D eigenvalue weighted by atomic mass is 10.0. The van der Waals surface area contributed by atoms with E-state index < -0.39 is 0 Å². The van der Waals surface area contributed by atoms with Gasteiger partial charge in [0.2, 0.25) is 0 Å². The van der Waals surface area contributed by atoms with E-state index in [1.54, 1.807) is 19.1 Å². The Morgan fingerprint density at radius 3 is 2.61 bits per heavy atom. The number of benzene rings is 1. The average molecular weight is 253 g/mol. The lowest BCUT2D eigenvalue weighted by molar-refractivity contribution is 0.310. The van der Waals surface area contributed by atoms with E-state index in [2.05, 4.69) is 19.2 Å². The maximum atomic E-state index is 13.7. The minimum absolute atomic E-state index is 0.104. The van der Waals surface area contributed by atoms with E-state index in [0.717, 1.165) is 30.7 Å². The largest absolute Gasteiger partial charge is 0.493 e. The van der Waals surface area contributed by atoms with E-state index in [1.807, 2.05) is 6.92 Å². The maximum Gasteiger partial charge on any atom is 0.126 e. The average Bonchev–Trinajstić information content (AvgIpc) is 2.36. The van der Waals surface area contributed by atoms with Crippen molar-refractivity contribution in [3.05, 3.63) is 29.1 Å². The Labute approximate surface area is 110 Å². The molecule has 1 atom stereocenters. The van der Waals surface area contributed by atoms with E-state index in [1.165, 1.54) is 0 Å². The molecule has 0 heterocycles. The molecule has 0 amide bonds. The van der Waals surface area contributed by atoms with Crippen LogP contribution in [0.5, 0.6) is 5.75 Å². The van der Waals surface area contributed by atoms with Gasteiger partial charge in [-0.3, -0.25) is 0 Å². The molecule has 0 saturated heterocycles. The highest BCUT2D eigenvalue weighted by Gasteiger charge is 2.14. The summed E-state index contributed by atoms with van der Waals surface area (Å²) in [6.45, 7) is 9.57. The molecule has 1 unspecified atom stereocenters. The van der Waals surface area contributed by atoms with Crippen molar-refractivity contribution in [2.45, 2.75) is 46.6 Å². The first-order valence-corrected chi connectivity index (χ1v) is 6.76. The molecule has 0 saturated carbocycles. The molecular formula is C15H24FNO. The Bertz CT molecular complexity index is 379. The summed E-state index contributed by atoms with van der Waals surface area (Å²) in [5, 5.41) is 3.37. The molecule has 0 radical (unpaired) electrons. The lowest BCUT2D eigenvalue weighted by Gasteiger charge is -2.19. The fourth-order valence-electron chi connectivity index (χ4n) is 1.82. The fraction of sp³-hybridized carbons (Fsp3) is 0.600. The van der Waals surface area contributed by atoms with Gasteiger partial charge in [0.25, 0.3) is 0 Å². The Balaban J connectivity index is 2.94. The molecule has 0 fully saturated rings. The first-order chi connectivity index (χ1) is 8.60. The van der Waals surface area contributed by atoms with Crippen LogP contribution in [-0.2, 0) is 0 Å². The zero-order chi connectivity index (χ0) is 13.5. The van der Waals surface area contributed by atoms with Crippen molar-refractivity contribution in [1.82, 2.24) is 5.32 Å². The van der Waals surface area contributed by atoms with E-state index in [0.29, 0.717) is 12.2 Å². The highest BCUT2D eigenvalue weighted by atomic mass is 19.1. The number of halogens is 1. The van der Waals surface area contributed by atoms with Crippen LogP contribution in [0, 0.1) is 12.7 Å². The molecule has 102 valence electrons. The van der Waals surface area contributed by atoms with Gasteiger partial charge >= 0.3 is 0 Å². The molecule has 0 spiro atoms. The van der Waals surface area contributed by atoms with E-state index in [9.17, 15) is 4.39 Å². The van der Waals surface area contributed by atoms with Crippen LogP contribution in [0.15, 0.2) is 12.1 Å². The van der Waals surface area contributed by atoms with Gasteiger partial charge in [-0.05, 0) is 50.9 Å². The quantitative estimate of drug-likeness (QED) is 0.793. The normalized spacial score (nSPS) is 12.5. The molecule has 1 N–H and O–H groups in total. The zero-order valence-corrected chi connectivity index (χ0v) is 11.8. The molecule has 1 rings (SSSR count). The molecule has 0 bridgehead atoms. The SMILES string of the molecule is CCCNC(C)c1cc(F)c(C)cc1OCCC. The van der Waals surface area contributed by atoms with Gasteiger partial charge < -0.3 is 10.1 Å². The molecule has 1 aromatic carbocycles. The van der Waals surface area contributed by atoms with Crippen LogP contribution < -0.4 is 10.1 Å². The van der Waals surface area contributed by atoms with Crippen LogP contribution in [0.1, 0.15) is 50.8 Å². The van der Waals surface area contributed by atoms with Crippen molar-refractivity contribution < 1.29 is 9.13 Å². The molecule has 0 aliphatic heterocycles. The second-order valence-corrected chi connectivity index (χ2v) is 4.66. The van der Waals surface area contributed by atoms with Crippen molar-refractivity contribution >= 4 is 0 Å². The minimum Gasteiger partial charge on any atom is -0.493 e. The topological polar surface area (TPSA) is 21.3 Å². The lowest BCUT2D eigenvalue weighted by Crippen LogP contribution is -2.20. The van der Waals surface area contributed by atoms with Crippen molar-refractivity contribution in [3.8, 4) is 5.75 Å². The fourth-order valence-corrected chi connectivity index (χ4v) is 1.82. The van der Waals surface area contributed by atoms with Crippen molar-refractivity contribution in [3.63, 3.8) is 0 Å².